The molecule has 1 aromatic rings. The number of carbonyl (C=O) groups excluding carboxylic acids is 2. The Bertz CT molecular complexity index is 618. The molecule has 0 saturated carbocycles. The summed E-state index contributed by atoms with van der Waals surface area (Å²) in [6.45, 7) is 3.95. The molecule has 0 fully saturated rings. The standard InChI is InChI=1S/C16H16Cl2O3/c1-16(2)8-12(19)7-13(9-16)21-15(20)5-10-3-4-11(17)6-14(10)18/h3-4,6-7H,5,8-9H2,1-2H3. The summed E-state index contributed by atoms with van der Waals surface area (Å²) in [5.41, 5.74) is 0.465. The zero-order chi connectivity index (χ0) is 15.6. The Balaban J connectivity index is 2.03. The van der Waals surface area contributed by atoms with Crippen LogP contribution in [0, 0.1) is 5.41 Å². The third-order valence-corrected chi connectivity index (χ3v) is 3.81. The second-order valence-electron chi connectivity index (χ2n) is 5.98. The fraction of sp³-hybridized carbons (Fsp3) is 0.375. The Kier molecular flexibility index (Phi) is 4.74. The Labute approximate surface area is 133 Å². The minimum absolute atomic E-state index is 0.0152. The Morgan fingerprint density at radius 1 is 1.29 bits per heavy atom. The molecule has 0 amide bonds. The van der Waals surface area contributed by atoms with Crippen LogP contribution in [-0.2, 0) is 20.7 Å². The molecule has 0 aromatic heterocycles. The largest absolute Gasteiger partial charge is 0.431 e. The first kappa shape index (κ1) is 16.1. The lowest BCUT2D eigenvalue weighted by Crippen LogP contribution is -2.24. The van der Waals surface area contributed by atoms with Crippen LogP contribution in [0.5, 0.6) is 0 Å². The highest BCUT2D eigenvalue weighted by Crippen LogP contribution is 2.34. The maximum atomic E-state index is 12.0. The van der Waals surface area contributed by atoms with Gasteiger partial charge in [-0.1, -0.05) is 43.1 Å². The molecule has 3 nitrogen and oxygen atoms in total. The summed E-state index contributed by atoms with van der Waals surface area (Å²) in [5.74, 6) is -0.0270. The zero-order valence-corrected chi connectivity index (χ0v) is 13.4. The van der Waals surface area contributed by atoms with Gasteiger partial charge < -0.3 is 4.74 Å². The van der Waals surface area contributed by atoms with Crippen molar-refractivity contribution in [1.29, 1.82) is 0 Å². The number of ether oxygens (including phenoxy) is 1. The first-order valence-electron chi connectivity index (χ1n) is 6.63. The highest BCUT2D eigenvalue weighted by atomic mass is 35.5. The summed E-state index contributed by atoms with van der Waals surface area (Å²) < 4.78 is 5.30. The van der Waals surface area contributed by atoms with Crippen molar-refractivity contribution in [3.63, 3.8) is 0 Å². The maximum absolute atomic E-state index is 12.0. The first-order chi connectivity index (χ1) is 9.75. The molecule has 1 aliphatic carbocycles. The van der Waals surface area contributed by atoms with Gasteiger partial charge in [-0.2, -0.15) is 0 Å². The van der Waals surface area contributed by atoms with Gasteiger partial charge in [-0.3, -0.25) is 9.59 Å². The predicted octanol–water partition coefficient (Wildman–Crippen LogP) is 4.35. The van der Waals surface area contributed by atoms with E-state index in [1.807, 2.05) is 13.8 Å². The first-order valence-corrected chi connectivity index (χ1v) is 7.39. The number of carbonyl (C=O) groups is 2. The number of hydrogen-bond donors (Lipinski definition) is 0. The number of halogens is 2. The average molecular weight is 327 g/mol. The van der Waals surface area contributed by atoms with Crippen LogP contribution >= 0.6 is 23.2 Å². The van der Waals surface area contributed by atoms with Crippen molar-refractivity contribution in [2.24, 2.45) is 5.41 Å². The lowest BCUT2D eigenvalue weighted by Gasteiger charge is -2.27. The highest BCUT2D eigenvalue weighted by molar-refractivity contribution is 6.35. The van der Waals surface area contributed by atoms with Crippen LogP contribution in [0.3, 0.4) is 0 Å². The summed E-state index contributed by atoms with van der Waals surface area (Å²) in [7, 11) is 0. The number of ketones is 1. The van der Waals surface area contributed by atoms with Gasteiger partial charge in [0.2, 0.25) is 0 Å². The number of rotatable bonds is 3. The molecule has 0 aliphatic heterocycles. The Hall–Kier alpha value is -1.32. The predicted molar refractivity (Wildman–Crippen MR) is 82.4 cm³/mol. The third kappa shape index (κ3) is 4.58. The molecule has 112 valence electrons. The van der Waals surface area contributed by atoms with Crippen LogP contribution in [0.15, 0.2) is 30.0 Å². The Morgan fingerprint density at radius 3 is 2.62 bits per heavy atom. The molecule has 21 heavy (non-hydrogen) atoms. The quantitative estimate of drug-likeness (QED) is 0.775. The molecule has 0 bridgehead atoms. The van der Waals surface area contributed by atoms with Crippen LogP contribution in [-0.4, -0.2) is 11.8 Å². The monoisotopic (exact) mass is 326 g/mol. The fourth-order valence-electron chi connectivity index (χ4n) is 2.36. The molecule has 0 saturated heterocycles. The van der Waals surface area contributed by atoms with E-state index in [9.17, 15) is 9.59 Å². The molecule has 5 heteroatoms. The van der Waals surface area contributed by atoms with Crippen molar-refractivity contribution in [2.45, 2.75) is 33.1 Å². The summed E-state index contributed by atoms with van der Waals surface area (Å²) in [4.78, 5) is 23.6. The molecule has 0 N–H and O–H groups in total. The Morgan fingerprint density at radius 2 is 2.00 bits per heavy atom. The van der Waals surface area contributed by atoms with E-state index in [0.29, 0.717) is 34.2 Å². The van der Waals surface area contributed by atoms with Crippen LogP contribution in [0.4, 0.5) is 0 Å². The lowest BCUT2D eigenvalue weighted by atomic mass is 9.79. The van der Waals surface area contributed by atoms with Crippen LogP contribution in [0.25, 0.3) is 0 Å². The van der Waals surface area contributed by atoms with E-state index in [-0.39, 0.29) is 17.6 Å². The van der Waals surface area contributed by atoms with Crippen molar-refractivity contribution in [3.8, 4) is 0 Å². The lowest BCUT2D eigenvalue weighted by molar-refractivity contribution is -0.139. The minimum atomic E-state index is -0.434. The molecule has 1 aliphatic rings. The van der Waals surface area contributed by atoms with E-state index in [4.69, 9.17) is 27.9 Å². The van der Waals surface area contributed by atoms with Gasteiger partial charge in [-0.05, 0) is 23.1 Å². The normalized spacial score (nSPS) is 17.3. The van der Waals surface area contributed by atoms with Crippen LogP contribution < -0.4 is 0 Å². The summed E-state index contributed by atoms with van der Waals surface area (Å²) >= 11 is 11.8. The van der Waals surface area contributed by atoms with E-state index in [1.165, 1.54) is 6.08 Å². The van der Waals surface area contributed by atoms with Crippen LogP contribution in [0.2, 0.25) is 10.0 Å². The van der Waals surface area contributed by atoms with Gasteiger partial charge in [0.15, 0.2) is 5.78 Å². The third-order valence-electron chi connectivity index (χ3n) is 3.22. The second kappa shape index (κ2) is 6.20. The summed E-state index contributed by atoms with van der Waals surface area (Å²) in [5, 5.41) is 0.938. The van der Waals surface area contributed by atoms with Gasteiger partial charge in [0.05, 0.1) is 6.42 Å². The smallest absolute Gasteiger partial charge is 0.315 e. The van der Waals surface area contributed by atoms with Crippen LogP contribution in [0.1, 0.15) is 32.3 Å². The van der Waals surface area contributed by atoms with Crippen molar-refractivity contribution < 1.29 is 14.3 Å². The highest BCUT2D eigenvalue weighted by Gasteiger charge is 2.29. The topological polar surface area (TPSA) is 43.4 Å². The maximum Gasteiger partial charge on any atom is 0.315 e. The van der Waals surface area contributed by atoms with E-state index in [1.54, 1.807) is 18.2 Å². The second-order valence-corrected chi connectivity index (χ2v) is 6.82. The van der Waals surface area contributed by atoms with Gasteiger partial charge in [0.1, 0.15) is 5.76 Å². The molecule has 0 heterocycles. The van der Waals surface area contributed by atoms with Crippen molar-refractivity contribution in [3.05, 3.63) is 45.6 Å². The SMILES string of the molecule is CC1(C)CC(=O)C=C(OC(=O)Cc2ccc(Cl)cc2Cl)C1. The zero-order valence-electron chi connectivity index (χ0n) is 11.9. The molecular weight excluding hydrogens is 311 g/mol. The molecule has 2 rings (SSSR count). The van der Waals surface area contributed by atoms with Gasteiger partial charge in [0.25, 0.3) is 0 Å². The number of benzene rings is 1. The van der Waals surface area contributed by atoms with Gasteiger partial charge >= 0.3 is 5.97 Å². The molecule has 0 unspecified atom stereocenters. The molecule has 0 radical (unpaired) electrons. The van der Waals surface area contributed by atoms with Gasteiger partial charge in [-0.25, -0.2) is 0 Å². The van der Waals surface area contributed by atoms with Crippen molar-refractivity contribution in [2.75, 3.05) is 0 Å². The summed E-state index contributed by atoms with van der Waals surface area (Å²) in [6, 6.07) is 4.94. The van der Waals surface area contributed by atoms with Crippen molar-refractivity contribution >= 4 is 35.0 Å². The number of hydrogen-bond acceptors (Lipinski definition) is 3. The number of allylic oxidation sites excluding steroid dienone is 2. The molecular formula is C16H16Cl2O3. The molecule has 0 atom stereocenters. The minimum Gasteiger partial charge on any atom is -0.431 e. The fourth-order valence-corrected chi connectivity index (χ4v) is 2.83. The summed E-state index contributed by atoms with van der Waals surface area (Å²) in [6.07, 6.45) is 2.49. The van der Waals surface area contributed by atoms with Crippen molar-refractivity contribution in [1.82, 2.24) is 0 Å². The molecule has 1 aromatic carbocycles. The number of esters is 1. The van der Waals surface area contributed by atoms with E-state index < -0.39 is 5.97 Å². The van der Waals surface area contributed by atoms with Gasteiger partial charge in [-0.15, -0.1) is 0 Å². The van der Waals surface area contributed by atoms with Gasteiger partial charge in [0, 0.05) is 29.0 Å². The average Bonchev–Trinajstić information content (AvgIpc) is 2.29. The van der Waals surface area contributed by atoms with E-state index in [2.05, 4.69) is 0 Å². The molecule has 0 spiro atoms. The van der Waals surface area contributed by atoms with E-state index >= 15 is 0 Å². The van der Waals surface area contributed by atoms with E-state index in [0.717, 1.165) is 0 Å².